The number of nitrogens with two attached hydrogens (primary N) is 1. The lowest BCUT2D eigenvalue weighted by molar-refractivity contribution is 0.261. The van der Waals surface area contributed by atoms with Crippen LogP contribution in [0.1, 0.15) is 37.3 Å². The van der Waals surface area contributed by atoms with Gasteiger partial charge in [0, 0.05) is 11.6 Å². The Bertz CT molecular complexity index is 489. The van der Waals surface area contributed by atoms with Crippen molar-refractivity contribution in [3.63, 3.8) is 0 Å². The van der Waals surface area contributed by atoms with Crippen molar-refractivity contribution in [1.82, 2.24) is 0 Å². The second kappa shape index (κ2) is 8.49. The zero-order valence-electron chi connectivity index (χ0n) is 14.0. The molecule has 0 bridgehead atoms. The maximum Gasteiger partial charge on any atom is 0.203 e. The summed E-state index contributed by atoms with van der Waals surface area (Å²) in [5, 5.41) is 0. The molecule has 0 aromatic heterocycles. The van der Waals surface area contributed by atoms with Crippen molar-refractivity contribution in [3.8, 4) is 17.2 Å². The normalized spacial score (nSPS) is 15.0. The van der Waals surface area contributed by atoms with E-state index in [-0.39, 0.29) is 18.4 Å². The number of halogens is 1. The quantitative estimate of drug-likeness (QED) is 0.793. The molecule has 4 nitrogen and oxygen atoms in total. The Kier molecular flexibility index (Phi) is 7.30. The third-order valence-corrected chi connectivity index (χ3v) is 4.10. The third-order valence-electron chi connectivity index (χ3n) is 4.10. The second-order valence-corrected chi connectivity index (χ2v) is 5.86. The monoisotopic (exact) mass is 329 g/mol. The van der Waals surface area contributed by atoms with Crippen molar-refractivity contribution in [2.24, 2.45) is 11.7 Å². The number of hydrogen-bond acceptors (Lipinski definition) is 4. The Labute approximate surface area is 139 Å². The Morgan fingerprint density at radius 2 is 1.91 bits per heavy atom. The van der Waals surface area contributed by atoms with Crippen molar-refractivity contribution in [1.29, 1.82) is 0 Å². The molecule has 0 spiro atoms. The molecule has 0 radical (unpaired) electrons. The van der Waals surface area contributed by atoms with Crippen LogP contribution in [-0.4, -0.2) is 26.9 Å². The van der Waals surface area contributed by atoms with E-state index in [4.69, 9.17) is 19.9 Å². The standard InChI is InChI=1S/C17H27NO3.ClH/c1-5-13(18)9-14-11(2)8-15(19-3)17(16(14)20-4)21-10-12-6-7-12;/h8,12-13H,5-7,9-10,18H2,1-4H3;1H. The molecule has 1 unspecified atom stereocenters. The molecule has 2 rings (SSSR count). The molecule has 1 aromatic rings. The predicted octanol–water partition coefficient (Wildman–Crippen LogP) is 3.50. The number of aryl methyl sites for hydroxylation is 1. The van der Waals surface area contributed by atoms with Gasteiger partial charge in [0.2, 0.25) is 5.75 Å². The molecule has 1 aromatic carbocycles. The van der Waals surface area contributed by atoms with Gasteiger partial charge < -0.3 is 19.9 Å². The molecule has 2 N–H and O–H groups in total. The average molecular weight is 330 g/mol. The zero-order chi connectivity index (χ0) is 15.4. The van der Waals surface area contributed by atoms with E-state index in [9.17, 15) is 0 Å². The molecule has 0 amide bonds. The van der Waals surface area contributed by atoms with Gasteiger partial charge in [0.25, 0.3) is 0 Å². The number of rotatable bonds is 8. The molecule has 0 saturated heterocycles. The topological polar surface area (TPSA) is 53.7 Å². The van der Waals surface area contributed by atoms with Gasteiger partial charge in [-0.05, 0) is 50.2 Å². The minimum atomic E-state index is 0. The van der Waals surface area contributed by atoms with Crippen LogP contribution in [0.15, 0.2) is 6.07 Å². The van der Waals surface area contributed by atoms with Crippen LogP contribution >= 0.6 is 12.4 Å². The summed E-state index contributed by atoms with van der Waals surface area (Å²) in [7, 11) is 3.34. The first-order valence-corrected chi connectivity index (χ1v) is 7.73. The minimum absolute atomic E-state index is 0. The summed E-state index contributed by atoms with van der Waals surface area (Å²) in [5.41, 5.74) is 8.38. The lowest BCUT2D eigenvalue weighted by atomic mass is 9.98. The number of hydrogen-bond donors (Lipinski definition) is 1. The molecular weight excluding hydrogens is 302 g/mol. The van der Waals surface area contributed by atoms with Gasteiger partial charge in [-0.15, -0.1) is 12.4 Å². The Morgan fingerprint density at radius 1 is 1.23 bits per heavy atom. The van der Waals surface area contributed by atoms with Crippen molar-refractivity contribution in [2.45, 2.75) is 45.6 Å². The van der Waals surface area contributed by atoms with Crippen LogP contribution in [0.3, 0.4) is 0 Å². The highest BCUT2D eigenvalue weighted by atomic mass is 35.5. The maximum absolute atomic E-state index is 6.12. The van der Waals surface area contributed by atoms with Gasteiger partial charge in [0.1, 0.15) is 0 Å². The molecule has 126 valence electrons. The SMILES string of the molecule is CCC(N)Cc1c(C)cc(OC)c(OCC2CC2)c1OC.Cl. The average Bonchev–Trinajstić information content (AvgIpc) is 3.31. The number of benzene rings is 1. The number of ether oxygens (including phenoxy) is 3. The fourth-order valence-electron chi connectivity index (χ4n) is 2.43. The molecule has 0 aliphatic heterocycles. The minimum Gasteiger partial charge on any atom is -0.493 e. The van der Waals surface area contributed by atoms with Gasteiger partial charge in [0.05, 0.1) is 20.8 Å². The highest BCUT2D eigenvalue weighted by Gasteiger charge is 2.25. The van der Waals surface area contributed by atoms with Crippen LogP contribution in [0, 0.1) is 12.8 Å². The van der Waals surface area contributed by atoms with E-state index in [2.05, 4.69) is 13.8 Å². The highest BCUT2D eigenvalue weighted by Crippen LogP contribution is 2.43. The fraction of sp³-hybridized carbons (Fsp3) is 0.647. The van der Waals surface area contributed by atoms with E-state index in [1.54, 1.807) is 14.2 Å². The van der Waals surface area contributed by atoms with Crippen molar-refractivity contribution >= 4 is 12.4 Å². The number of methoxy groups -OCH3 is 2. The van der Waals surface area contributed by atoms with Gasteiger partial charge in [-0.1, -0.05) is 6.92 Å². The smallest absolute Gasteiger partial charge is 0.203 e. The fourth-order valence-corrected chi connectivity index (χ4v) is 2.43. The van der Waals surface area contributed by atoms with Crippen molar-refractivity contribution < 1.29 is 14.2 Å². The van der Waals surface area contributed by atoms with Gasteiger partial charge in [0.15, 0.2) is 11.5 Å². The summed E-state index contributed by atoms with van der Waals surface area (Å²) in [5.74, 6) is 2.91. The Balaban J connectivity index is 0.00000242. The maximum atomic E-state index is 6.12. The summed E-state index contributed by atoms with van der Waals surface area (Å²) < 4.78 is 17.1. The van der Waals surface area contributed by atoms with Crippen molar-refractivity contribution in [3.05, 3.63) is 17.2 Å². The molecule has 1 aliphatic rings. The molecular formula is C17H28ClNO3. The van der Waals surface area contributed by atoms with E-state index >= 15 is 0 Å². The van der Waals surface area contributed by atoms with E-state index in [0.29, 0.717) is 5.92 Å². The molecule has 1 fully saturated rings. The van der Waals surface area contributed by atoms with Crippen LogP contribution < -0.4 is 19.9 Å². The van der Waals surface area contributed by atoms with Crippen LogP contribution in [0.25, 0.3) is 0 Å². The predicted molar refractivity (Wildman–Crippen MR) is 91.7 cm³/mol. The lowest BCUT2D eigenvalue weighted by Gasteiger charge is -2.21. The molecule has 1 aliphatic carbocycles. The Hall–Kier alpha value is -1.13. The summed E-state index contributed by atoms with van der Waals surface area (Å²) >= 11 is 0. The van der Waals surface area contributed by atoms with Crippen LogP contribution in [0.5, 0.6) is 17.2 Å². The first-order chi connectivity index (χ1) is 10.1. The summed E-state index contributed by atoms with van der Waals surface area (Å²) in [4.78, 5) is 0. The van der Waals surface area contributed by atoms with Gasteiger partial charge in [-0.25, -0.2) is 0 Å². The largest absolute Gasteiger partial charge is 0.493 e. The first-order valence-electron chi connectivity index (χ1n) is 7.73. The van der Waals surface area contributed by atoms with E-state index in [0.717, 1.165) is 47.8 Å². The van der Waals surface area contributed by atoms with Crippen LogP contribution in [0.4, 0.5) is 0 Å². The zero-order valence-corrected chi connectivity index (χ0v) is 14.8. The molecule has 5 heteroatoms. The summed E-state index contributed by atoms with van der Waals surface area (Å²) in [6.45, 7) is 4.89. The first kappa shape index (κ1) is 18.9. The lowest BCUT2D eigenvalue weighted by Crippen LogP contribution is -2.22. The van der Waals surface area contributed by atoms with Crippen LogP contribution in [0.2, 0.25) is 0 Å². The van der Waals surface area contributed by atoms with Gasteiger partial charge in [-0.3, -0.25) is 0 Å². The molecule has 22 heavy (non-hydrogen) atoms. The van der Waals surface area contributed by atoms with Gasteiger partial charge in [-0.2, -0.15) is 0 Å². The van der Waals surface area contributed by atoms with Gasteiger partial charge >= 0.3 is 0 Å². The van der Waals surface area contributed by atoms with E-state index in [1.807, 2.05) is 6.07 Å². The molecule has 0 heterocycles. The third kappa shape index (κ3) is 4.43. The highest BCUT2D eigenvalue weighted by molar-refractivity contribution is 5.85. The van der Waals surface area contributed by atoms with E-state index in [1.165, 1.54) is 12.8 Å². The molecule has 1 saturated carbocycles. The Morgan fingerprint density at radius 3 is 2.41 bits per heavy atom. The van der Waals surface area contributed by atoms with Crippen LogP contribution in [-0.2, 0) is 6.42 Å². The summed E-state index contributed by atoms with van der Waals surface area (Å²) in [6.07, 6.45) is 4.23. The second-order valence-electron chi connectivity index (χ2n) is 5.86. The summed E-state index contributed by atoms with van der Waals surface area (Å²) in [6, 6.07) is 2.14. The van der Waals surface area contributed by atoms with Crippen molar-refractivity contribution in [2.75, 3.05) is 20.8 Å². The van der Waals surface area contributed by atoms with E-state index < -0.39 is 0 Å². The molecule has 1 atom stereocenters.